The van der Waals surface area contributed by atoms with Gasteiger partial charge in [0, 0.05) is 19.7 Å². The number of rotatable bonds is 2. The average Bonchev–Trinajstić information content (AvgIpc) is 2.17. The van der Waals surface area contributed by atoms with E-state index in [9.17, 15) is 0 Å². The highest BCUT2D eigenvalue weighted by atomic mass is 35.5. The molecule has 0 unspecified atom stereocenters. The maximum Gasteiger partial charge on any atom is 0.0839 e. The summed E-state index contributed by atoms with van der Waals surface area (Å²) in [4.78, 5) is 0. The molecule has 1 aromatic heterocycles. The zero-order valence-electron chi connectivity index (χ0n) is 5.82. The van der Waals surface area contributed by atoms with Gasteiger partial charge >= 0.3 is 0 Å². The van der Waals surface area contributed by atoms with Crippen LogP contribution in [0.15, 0.2) is 6.20 Å². The van der Waals surface area contributed by atoms with Crippen molar-refractivity contribution in [3.05, 3.63) is 11.9 Å². The van der Waals surface area contributed by atoms with Gasteiger partial charge in [-0.25, -0.2) is 0 Å². The molecule has 0 saturated carbocycles. The Balaban J connectivity index is 0.000000810. The lowest BCUT2D eigenvalue weighted by Gasteiger charge is -1.84. The van der Waals surface area contributed by atoms with E-state index in [1.54, 1.807) is 4.68 Å². The molecule has 0 bridgehead atoms. The maximum atomic E-state index is 5.29. The lowest BCUT2D eigenvalue weighted by molar-refractivity contribution is 0.713. The molecule has 5 heteroatoms. The molecule has 1 heterocycles. The van der Waals surface area contributed by atoms with Crippen molar-refractivity contribution < 1.29 is 0 Å². The Morgan fingerprint density at radius 2 is 2.40 bits per heavy atom. The molecule has 0 radical (unpaired) electrons. The molecule has 0 aliphatic rings. The van der Waals surface area contributed by atoms with Crippen LogP contribution in [0, 0.1) is 0 Å². The second kappa shape index (κ2) is 4.24. The van der Waals surface area contributed by atoms with Gasteiger partial charge in [-0.3, -0.25) is 4.68 Å². The predicted octanol–water partition coefficient (Wildman–Crippen LogP) is -0.262. The van der Waals surface area contributed by atoms with E-state index in [4.69, 9.17) is 5.73 Å². The van der Waals surface area contributed by atoms with Gasteiger partial charge in [-0.05, 0) is 6.54 Å². The first-order valence-electron chi connectivity index (χ1n) is 2.88. The highest BCUT2D eigenvalue weighted by Gasteiger charge is 1.93. The zero-order chi connectivity index (χ0) is 6.69. The Hall–Kier alpha value is -0.610. The normalized spacial score (nSPS) is 9.00. The van der Waals surface area contributed by atoms with Crippen LogP contribution in [0.25, 0.3) is 0 Å². The number of halogens is 1. The van der Waals surface area contributed by atoms with Crippen molar-refractivity contribution in [2.45, 2.75) is 6.42 Å². The first kappa shape index (κ1) is 9.39. The summed E-state index contributed by atoms with van der Waals surface area (Å²) in [5.41, 5.74) is 6.25. The summed E-state index contributed by atoms with van der Waals surface area (Å²) in [6.07, 6.45) is 2.68. The first-order chi connectivity index (χ1) is 4.33. The molecule has 10 heavy (non-hydrogen) atoms. The lowest BCUT2D eigenvalue weighted by atomic mass is 10.3. The minimum absolute atomic E-state index is 0. The van der Waals surface area contributed by atoms with Gasteiger partial charge in [0.2, 0.25) is 0 Å². The smallest absolute Gasteiger partial charge is 0.0839 e. The fourth-order valence-electron chi connectivity index (χ4n) is 0.658. The van der Waals surface area contributed by atoms with Crippen molar-refractivity contribution in [1.29, 1.82) is 0 Å². The molecule has 0 amide bonds. The summed E-state index contributed by atoms with van der Waals surface area (Å²) in [5, 5.41) is 7.58. The summed E-state index contributed by atoms with van der Waals surface area (Å²) in [6, 6.07) is 0. The van der Waals surface area contributed by atoms with E-state index in [2.05, 4.69) is 10.3 Å². The second-order valence-electron chi connectivity index (χ2n) is 1.92. The summed E-state index contributed by atoms with van der Waals surface area (Å²) < 4.78 is 1.67. The molecule has 1 rings (SSSR count). The number of hydrogen-bond acceptors (Lipinski definition) is 3. The number of aryl methyl sites for hydroxylation is 1. The highest BCUT2D eigenvalue weighted by Crippen LogP contribution is 1.89. The van der Waals surface area contributed by atoms with Gasteiger partial charge in [-0.2, -0.15) is 0 Å². The van der Waals surface area contributed by atoms with Crippen molar-refractivity contribution in [2.24, 2.45) is 12.8 Å². The van der Waals surface area contributed by atoms with Crippen LogP contribution in [0.4, 0.5) is 0 Å². The molecule has 0 atom stereocenters. The second-order valence-corrected chi connectivity index (χ2v) is 1.92. The van der Waals surface area contributed by atoms with E-state index in [0.717, 1.165) is 12.1 Å². The third-order valence-electron chi connectivity index (χ3n) is 1.05. The Morgan fingerprint density at radius 1 is 1.70 bits per heavy atom. The summed E-state index contributed by atoms with van der Waals surface area (Å²) in [5.74, 6) is 0. The molecule has 0 aliphatic heterocycles. The Kier molecular flexibility index (Phi) is 3.99. The standard InChI is InChI=1S/C5H10N4.ClH/c1-9-4-5(2-3-6)7-8-9;/h4H,2-3,6H2,1H3;1H. The average molecular weight is 163 g/mol. The van der Waals surface area contributed by atoms with Gasteiger partial charge in [0.1, 0.15) is 0 Å². The maximum absolute atomic E-state index is 5.29. The van der Waals surface area contributed by atoms with Crippen LogP contribution >= 0.6 is 12.4 Å². The summed E-state index contributed by atoms with van der Waals surface area (Å²) in [6.45, 7) is 0.638. The largest absolute Gasteiger partial charge is 0.330 e. The van der Waals surface area contributed by atoms with Crippen molar-refractivity contribution in [3.8, 4) is 0 Å². The van der Waals surface area contributed by atoms with E-state index < -0.39 is 0 Å². The molecule has 4 nitrogen and oxygen atoms in total. The predicted molar refractivity (Wildman–Crippen MR) is 41.0 cm³/mol. The van der Waals surface area contributed by atoms with Crippen LogP contribution in [-0.2, 0) is 13.5 Å². The van der Waals surface area contributed by atoms with Crippen LogP contribution in [0.5, 0.6) is 0 Å². The number of aromatic nitrogens is 3. The van der Waals surface area contributed by atoms with Gasteiger partial charge in [-0.1, -0.05) is 5.21 Å². The van der Waals surface area contributed by atoms with Crippen molar-refractivity contribution >= 4 is 12.4 Å². The Labute approximate surface area is 65.8 Å². The van der Waals surface area contributed by atoms with Gasteiger partial charge < -0.3 is 5.73 Å². The Bertz CT molecular complexity index is 186. The van der Waals surface area contributed by atoms with Gasteiger partial charge in [-0.15, -0.1) is 17.5 Å². The molecule has 58 valence electrons. The van der Waals surface area contributed by atoms with E-state index in [1.165, 1.54) is 0 Å². The molecule has 1 aromatic rings. The highest BCUT2D eigenvalue weighted by molar-refractivity contribution is 5.85. The SMILES string of the molecule is Cl.Cn1cc(CCN)nn1. The molecule has 0 spiro atoms. The molecular weight excluding hydrogens is 152 g/mol. The third-order valence-corrected chi connectivity index (χ3v) is 1.05. The zero-order valence-corrected chi connectivity index (χ0v) is 6.64. The minimum atomic E-state index is 0. The molecular formula is C5H11ClN4. The van der Waals surface area contributed by atoms with Crippen LogP contribution < -0.4 is 5.73 Å². The fraction of sp³-hybridized carbons (Fsp3) is 0.600. The molecule has 0 fully saturated rings. The summed E-state index contributed by atoms with van der Waals surface area (Å²) in [7, 11) is 1.84. The monoisotopic (exact) mass is 162 g/mol. The van der Waals surface area contributed by atoms with E-state index in [1.807, 2.05) is 13.2 Å². The topological polar surface area (TPSA) is 56.7 Å². The minimum Gasteiger partial charge on any atom is -0.330 e. The molecule has 0 aromatic carbocycles. The van der Waals surface area contributed by atoms with Crippen LogP contribution in [0.3, 0.4) is 0 Å². The van der Waals surface area contributed by atoms with E-state index in [0.29, 0.717) is 6.54 Å². The Morgan fingerprint density at radius 3 is 2.80 bits per heavy atom. The number of nitrogens with two attached hydrogens (primary N) is 1. The molecule has 0 saturated heterocycles. The van der Waals surface area contributed by atoms with Crippen LogP contribution in [-0.4, -0.2) is 21.5 Å². The molecule has 0 aliphatic carbocycles. The van der Waals surface area contributed by atoms with E-state index in [-0.39, 0.29) is 12.4 Å². The van der Waals surface area contributed by atoms with Crippen molar-refractivity contribution in [1.82, 2.24) is 15.0 Å². The van der Waals surface area contributed by atoms with Gasteiger partial charge in [0.05, 0.1) is 5.69 Å². The third kappa shape index (κ3) is 2.33. The number of hydrogen-bond donors (Lipinski definition) is 1. The van der Waals surface area contributed by atoms with Gasteiger partial charge in [0.15, 0.2) is 0 Å². The van der Waals surface area contributed by atoms with Crippen molar-refractivity contribution in [3.63, 3.8) is 0 Å². The quantitative estimate of drug-likeness (QED) is 0.652. The van der Waals surface area contributed by atoms with Crippen LogP contribution in [0.2, 0.25) is 0 Å². The number of nitrogens with zero attached hydrogens (tertiary/aromatic N) is 3. The van der Waals surface area contributed by atoms with Gasteiger partial charge in [0.25, 0.3) is 0 Å². The molecule has 2 N–H and O–H groups in total. The fourth-order valence-corrected chi connectivity index (χ4v) is 0.658. The van der Waals surface area contributed by atoms with E-state index >= 15 is 0 Å². The lowest BCUT2D eigenvalue weighted by Crippen LogP contribution is -2.02. The summed E-state index contributed by atoms with van der Waals surface area (Å²) >= 11 is 0. The van der Waals surface area contributed by atoms with Crippen LogP contribution in [0.1, 0.15) is 5.69 Å². The van der Waals surface area contributed by atoms with Crippen molar-refractivity contribution in [2.75, 3.05) is 6.54 Å². The first-order valence-corrected chi connectivity index (χ1v) is 2.88.